The Labute approximate surface area is 152 Å². The minimum Gasteiger partial charge on any atom is -0.300 e. The molecule has 0 amide bonds. The van der Waals surface area contributed by atoms with Gasteiger partial charge in [-0.1, -0.05) is 77.0 Å². The van der Waals surface area contributed by atoms with E-state index in [0.29, 0.717) is 0 Å². The number of nitrogens with zero attached hydrogens (tertiary/aromatic N) is 1. The number of hydrogen-bond acceptors (Lipinski definition) is 1. The van der Waals surface area contributed by atoms with Crippen molar-refractivity contribution in [2.45, 2.75) is 128 Å². The normalized spacial score (nSPS) is 38.4. The van der Waals surface area contributed by atoms with Crippen LogP contribution in [-0.4, -0.2) is 24.0 Å². The standard InChI is InChI=1S/C23H43N/c1-24-22-14-10-6-2-4-8-12-20(16-18-22)21-13-9-5-3-7-11-15-23(24)19-17-21/h20-23H,2-19H2,1H3. The molecule has 4 bridgehead atoms. The predicted molar refractivity (Wildman–Crippen MR) is 105 cm³/mol. The first-order valence-corrected chi connectivity index (χ1v) is 11.6. The summed E-state index contributed by atoms with van der Waals surface area (Å²) in [5, 5.41) is 0. The van der Waals surface area contributed by atoms with E-state index in [0.717, 1.165) is 23.9 Å². The molecule has 24 heavy (non-hydrogen) atoms. The zero-order chi connectivity index (χ0) is 16.6. The third-order valence-electron chi connectivity index (χ3n) is 7.78. The maximum absolute atomic E-state index is 2.87. The average molecular weight is 334 g/mol. The van der Waals surface area contributed by atoms with Gasteiger partial charge in [0.2, 0.25) is 0 Å². The van der Waals surface area contributed by atoms with Gasteiger partial charge in [0.05, 0.1) is 0 Å². The molecule has 1 aliphatic heterocycles. The van der Waals surface area contributed by atoms with Gasteiger partial charge in [-0.2, -0.15) is 0 Å². The third-order valence-corrected chi connectivity index (χ3v) is 7.78. The molecule has 0 radical (unpaired) electrons. The zero-order valence-corrected chi connectivity index (χ0v) is 16.5. The quantitative estimate of drug-likeness (QED) is 0.463. The largest absolute Gasteiger partial charge is 0.300 e. The van der Waals surface area contributed by atoms with E-state index < -0.39 is 0 Å². The van der Waals surface area contributed by atoms with Crippen LogP contribution in [0.5, 0.6) is 0 Å². The van der Waals surface area contributed by atoms with Gasteiger partial charge >= 0.3 is 0 Å². The van der Waals surface area contributed by atoms with Crippen molar-refractivity contribution >= 4 is 0 Å². The lowest BCUT2D eigenvalue weighted by Gasteiger charge is -2.35. The van der Waals surface area contributed by atoms with Crippen LogP contribution in [0.2, 0.25) is 0 Å². The van der Waals surface area contributed by atoms with E-state index in [-0.39, 0.29) is 0 Å². The molecule has 0 N–H and O–H groups in total. The van der Waals surface area contributed by atoms with Crippen molar-refractivity contribution in [2.24, 2.45) is 11.8 Å². The van der Waals surface area contributed by atoms with Crippen LogP contribution in [0.1, 0.15) is 116 Å². The summed E-state index contributed by atoms with van der Waals surface area (Å²) in [5.41, 5.74) is 0. The van der Waals surface area contributed by atoms with Crippen molar-refractivity contribution in [3.63, 3.8) is 0 Å². The van der Waals surface area contributed by atoms with Crippen LogP contribution >= 0.6 is 0 Å². The van der Waals surface area contributed by atoms with E-state index in [2.05, 4.69) is 11.9 Å². The van der Waals surface area contributed by atoms with E-state index >= 15 is 0 Å². The first-order valence-electron chi connectivity index (χ1n) is 11.6. The molecule has 3 aliphatic rings. The molecule has 0 aromatic carbocycles. The fourth-order valence-corrected chi connectivity index (χ4v) is 6.08. The highest BCUT2D eigenvalue weighted by Gasteiger charge is 2.30. The van der Waals surface area contributed by atoms with Crippen molar-refractivity contribution in [1.29, 1.82) is 0 Å². The van der Waals surface area contributed by atoms with Gasteiger partial charge in [0, 0.05) is 12.1 Å². The predicted octanol–water partition coefficient (Wildman–Crippen LogP) is 6.95. The Kier molecular flexibility index (Phi) is 7.96. The molecule has 4 atom stereocenters. The molecular weight excluding hydrogens is 290 g/mol. The van der Waals surface area contributed by atoms with E-state index in [9.17, 15) is 0 Å². The lowest BCUT2D eigenvalue weighted by Crippen LogP contribution is -2.40. The molecule has 3 fully saturated rings. The Balaban J connectivity index is 1.78. The van der Waals surface area contributed by atoms with Crippen molar-refractivity contribution < 1.29 is 0 Å². The van der Waals surface area contributed by atoms with Crippen LogP contribution in [0.15, 0.2) is 0 Å². The molecule has 1 saturated heterocycles. The second kappa shape index (κ2) is 10.2. The Morgan fingerprint density at radius 2 is 0.792 bits per heavy atom. The maximum Gasteiger partial charge on any atom is 0.00952 e. The van der Waals surface area contributed by atoms with Crippen LogP contribution in [0.3, 0.4) is 0 Å². The number of fused-ring (bicyclic) bond motifs is 7. The Morgan fingerprint density at radius 1 is 0.417 bits per heavy atom. The summed E-state index contributed by atoms with van der Waals surface area (Å²) >= 11 is 0. The fraction of sp³-hybridized carbons (Fsp3) is 1.00. The molecule has 0 aromatic rings. The molecule has 3 rings (SSSR count). The van der Waals surface area contributed by atoms with Crippen LogP contribution < -0.4 is 0 Å². The topological polar surface area (TPSA) is 3.24 Å². The summed E-state index contributed by atoms with van der Waals surface area (Å²) in [5.74, 6) is 2.11. The second-order valence-corrected chi connectivity index (χ2v) is 9.34. The fourth-order valence-electron chi connectivity index (χ4n) is 6.08. The Morgan fingerprint density at radius 3 is 1.25 bits per heavy atom. The lowest BCUT2D eigenvalue weighted by molar-refractivity contribution is 0.136. The summed E-state index contributed by atoms with van der Waals surface area (Å²) in [6.07, 6.45) is 27.1. The summed E-state index contributed by atoms with van der Waals surface area (Å²) in [6.45, 7) is 0. The molecule has 140 valence electrons. The smallest absolute Gasteiger partial charge is 0.00952 e. The van der Waals surface area contributed by atoms with Crippen molar-refractivity contribution in [1.82, 2.24) is 4.90 Å². The molecular formula is C23H43N. The van der Waals surface area contributed by atoms with Crippen LogP contribution in [0.4, 0.5) is 0 Å². The zero-order valence-electron chi connectivity index (χ0n) is 16.5. The second-order valence-electron chi connectivity index (χ2n) is 9.34. The van der Waals surface area contributed by atoms with Gasteiger partial charge in [-0.25, -0.2) is 0 Å². The van der Waals surface area contributed by atoms with E-state index in [1.807, 2.05) is 0 Å². The van der Waals surface area contributed by atoms with Crippen LogP contribution in [-0.2, 0) is 0 Å². The van der Waals surface area contributed by atoms with Gasteiger partial charge in [-0.3, -0.25) is 0 Å². The molecule has 2 saturated carbocycles. The van der Waals surface area contributed by atoms with Crippen LogP contribution in [0, 0.1) is 11.8 Å². The van der Waals surface area contributed by atoms with Gasteiger partial charge in [-0.05, 0) is 57.4 Å². The molecule has 1 heterocycles. The minimum atomic E-state index is 0.886. The van der Waals surface area contributed by atoms with E-state index in [4.69, 9.17) is 0 Å². The molecule has 0 spiro atoms. The maximum atomic E-state index is 2.87. The SMILES string of the molecule is CN1C2CCCCCCCC(CC2)C2CCCCCCCC1CC2. The average Bonchev–Trinajstić information content (AvgIpc) is 2.65. The van der Waals surface area contributed by atoms with Gasteiger partial charge < -0.3 is 4.90 Å². The molecule has 1 nitrogen and oxygen atoms in total. The third kappa shape index (κ3) is 5.48. The molecule has 2 aliphatic carbocycles. The minimum absolute atomic E-state index is 0.886. The number of hydrogen-bond donors (Lipinski definition) is 0. The highest BCUT2D eigenvalue weighted by Crippen LogP contribution is 2.38. The Hall–Kier alpha value is -0.0400. The first-order chi connectivity index (χ1) is 11.8. The summed E-state index contributed by atoms with van der Waals surface area (Å²) in [7, 11) is 2.49. The molecule has 1 heteroatoms. The number of rotatable bonds is 0. The highest BCUT2D eigenvalue weighted by atomic mass is 15.2. The van der Waals surface area contributed by atoms with Gasteiger partial charge in [0.25, 0.3) is 0 Å². The van der Waals surface area contributed by atoms with Crippen molar-refractivity contribution in [3.8, 4) is 0 Å². The first kappa shape index (κ1) is 18.7. The summed E-state index contributed by atoms with van der Waals surface area (Å²) in [6, 6.07) is 1.77. The summed E-state index contributed by atoms with van der Waals surface area (Å²) in [4.78, 5) is 2.87. The van der Waals surface area contributed by atoms with Crippen molar-refractivity contribution in [3.05, 3.63) is 0 Å². The van der Waals surface area contributed by atoms with Crippen LogP contribution in [0.25, 0.3) is 0 Å². The monoisotopic (exact) mass is 333 g/mol. The lowest BCUT2D eigenvalue weighted by atomic mass is 9.78. The van der Waals surface area contributed by atoms with E-state index in [1.54, 1.807) is 12.8 Å². The Bertz CT molecular complexity index is 307. The van der Waals surface area contributed by atoms with Gasteiger partial charge in [0.1, 0.15) is 0 Å². The van der Waals surface area contributed by atoms with Crippen molar-refractivity contribution in [2.75, 3.05) is 7.05 Å². The highest BCUT2D eigenvalue weighted by molar-refractivity contribution is 4.84. The van der Waals surface area contributed by atoms with Gasteiger partial charge in [-0.15, -0.1) is 0 Å². The molecule has 0 aromatic heterocycles. The van der Waals surface area contributed by atoms with Gasteiger partial charge in [0.15, 0.2) is 0 Å². The molecule has 4 unspecified atom stereocenters. The summed E-state index contributed by atoms with van der Waals surface area (Å²) < 4.78 is 0. The van der Waals surface area contributed by atoms with E-state index in [1.165, 1.54) is 103 Å².